The molecule has 2 N–H and O–H groups in total. The summed E-state index contributed by atoms with van der Waals surface area (Å²) in [5, 5.41) is 18.7. The van der Waals surface area contributed by atoms with Gasteiger partial charge in [0.2, 0.25) is 0 Å². The maximum atomic E-state index is 9.34. The Labute approximate surface area is 156 Å². The van der Waals surface area contributed by atoms with E-state index in [2.05, 4.69) is 12.8 Å². The molecule has 0 aliphatic rings. The first-order valence-corrected chi connectivity index (χ1v) is 8.69. The molecule has 0 heterocycles. The van der Waals surface area contributed by atoms with Gasteiger partial charge in [-0.1, -0.05) is 60.7 Å². The maximum Gasteiger partial charge on any atom is 0.0864 e. The van der Waals surface area contributed by atoms with Crippen LogP contribution >= 0.6 is 0 Å². The summed E-state index contributed by atoms with van der Waals surface area (Å²) >= 11 is 0. The van der Waals surface area contributed by atoms with Crippen molar-refractivity contribution in [2.24, 2.45) is 0 Å². The zero-order valence-corrected chi connectivity index (χ0v) is 15.0. The topological polar surface area (TPSA) is 58.9 Å². The van der Waals surface area contributed by atoms with Crippen LogP contribution in [0.1, 0.15) is 24.0 Å². The normalized spacial score (nSPS) is 12.6. The molecule has 0 saturated carbocycles. The molecule has 0 bridgehead atoms. The highest BCUT2D eigenvalue weighted by atomic mass is 16.5. The Balaban J connectivity index is 0.00000163. The summed E-state index contributed by atoms with van der Waals surface area (Å²) < 4.78 is 12.0. The lowest BCUT2D eigenvalue weighted by Crippen LogP contribution is -2.33. The third kappa shape index (κ3) is 8.28. The standard InChI is InChI=1S/C20H26O4.C2H2/c21-13-11-19(23-15-17-7-3-1-4-8-17)20(12-14-22)24-16-18-9-5-2-6-10-18;1-2/h1-10,19-22H,11-16H2;1-2H/t19-,20-;/m1./s1. The van der Waals surface area contributed by atoms with Gasteiger partial charge in [-0.15, -0.1) is 12.8 Å². The van der Waals surface area contributed by atoms with Gasteiger partial charge in [0.15, 0.2) is 0 Å². The first kappa shape index (κ1) is 21.9. The molecule has 2 aromatic carbocycles. The fourth-order valence-electron chi connectivity index (χ4n) is 2.56. The van der Waals surface area contributed by atoms with Gasteiger partial charge in [0.05, 0.1) is 25.4 Å². The molecule has 0 fully saturated rings. The number of rotatable bonds is 11. The van der Waals surface area contributed by atoms with E-state index in [1.807, 2.05) is 60.7 Å². The van der Waals surface area contributed by atoms with Crippen molar-refractivity contribution in [1.29, 1.82) is 0 Å². The van der Waals surface area contributed by atoms with E-state index in [0.29, 0.717) is 26.1 Å². The molecule has 2 aromatic rings. The first-order valence-electron chi connectivity index (χ1n) is 8.69. The van der Waals surface area contributed by atoms with Crippen molar-refractivity contribution in [2.45, 2.75) is 38.3 Å². The summed E-state index contributed by atoms with van der Waals surface area (Å²) in [5.41, 5.74) is 2.15. The Hall–Kier alpha value is -2.16. The summed E-state index contributed by atoms with van der Waals surface area (Å²) in [4.78, 5) is 0. The van der Waals surface area contributed by atoms with Crippen LogP contribution in [-0.4, -0.2) is 35.6 Å². The molecule has 0 radical (unpaired) electrons. The number of hydrogen-bond donors (Lipinski definition) is 2. The van der Waals surface area contributed by atoms with Gasteiger partial charge in [-0.3, -0.25) is 0 Å². The molecule has 0 aromatic heterocycles. The van der Waals surface area contributed by atoms with Crippen LogP contribution in [0.25, 0.3) is 0 Å². The van der Waals surface area contributed by atoms with Gasteiger partial charge in [0.1, 0.15) is 0 Å². The number of aliphatic hydroxyl groups excluding tert-OH is 2. The molecule has 0 spiro atoms. The van der Waals surface area contributed by atoms with E-state index in [1.165, 1.54) is 0 Å². The number of hydrogen-bond acceptors (Lipinski definition) is 4. The van der Waals surface area contributed by atoms with Crippen molar-refractivity contribution in [1.82, 2.24) is 0 Å². The minimum Gasteiger partial charge on any atom is -0.396 e. The Morgan fingerprint density at radius 3 is 1.31 bits per heavy atom. The van der Waals surface area contributed by atoms with Crippen molar-refractivity contribution in [2.75, 3.05) is 13.2 Å². The van der Waals surface area contributed by atoms with E-state index >= 15 is 0 Å². The van der Waals surface area contributed by atoms with E-state index in [-0.39, 0.29) is 25.4 Å². The maximum absolute atomic E-state index is 9.34. The second kappa shape index (κ2) is 14.1. The van der Waals surface area contributed by atoms with Crippen LogP contribution in [0, 0.1) is 12.8 Å². The molecule has 4 heteroatoms. The predicted molar refractivity (Wildman–Crippen MR) is 103 cm³/mol. The smallest absolute Gasteiger partial charge is 0.0864 e. The molecule has 2 rings (SSSR count). The Kier molecular flexibility index (Phi) is 11.8. The van der Waals surface area contributed by atoms with Crippen molar-refractivity contribution in [3.05, 3.63) is 71.8 Å². The van der Waals surface area contributed by atoms with E-state index in [0.717, 1.165) is 11.1 Å². The highest BCUT2D eigenvalue weighted by Crippen LogP contribution is 2.17. The molecule has 0 amide bonds. The van der Waals surface area contributed by atoms with Crippen molar-refractivity contribution in [3.63, 3.8) is 0 Å². The molecule has 4 nitrogen and oxygen atoms in total. The quantitative estimate of drug-likeness (QED) is 0.607. The number of terminal acetylenes is 1. The lowest BCUT2D eigenvalue weighted by molar-refractivity contribution is -0.0994. The van der Waals surface area contributed by atoms with Gasteiger partial charge in [-0.25, -0.2) is 0 Å². The van der Waals surface area contributed by atoms with E-state index in [4.69, 9.17) is 9.47 Å². The van der Waals surface area contributed by atoms with Crippen LogP contribution in [0.15, 0.2) is 60.7 Å². The summed E-state index contributed by atoms with van der Waals surface area (Å²) in [6, 6.07) is 19.8. The van der Waals surface area contributed by atoms with Gasteiger partial charge < -0.3 is 19.7 Å². The average molecular weight is 356 g/mol. The summed E-state index contributed by atoms with van der Waals surface area (Å²) in [5.74, 6) is 0. The molecule has 0 unspecified atom stereocenters. The minimum atomic E-state index is -0.258. The van der Waals surface area contributed by atoms with Crippen LogP contribution in [0.5, 0.6) is 0 Å². The lowest BCUT2D eigenvalue weighted by Gasteiger charge is -2.27. The fourth-order valence-corrected chi connectivity index (χ4v) is 2.56. The third-order valence-corrected chi connectivity index (χ3v) is 3.86. The van der Waals surface area contributed by atoms with Gasteiger partial charge in [0.25, 0.3) is 0 Å². The van der Waals surface area contributed by atoms with Gasteiger partial charge in [-0.2, -0.15) is 0 Å². The predicted octanol–water partition coefficient (Wildman–Crippen LogP) is 3.17. The average Bonchev–Trinajstić information content (AvgIpc) is 2.71. The van der Waals surface area contributed by atoms with Crippen LogP contribution in [0.4, 0.5) is 0 Å². The van der Waals surface area contributed by atoms with E-state index < -0.39 is 0 Å². The molecular formula is C22H28O4. The van der Waals surface area contributed by atoms with Crippen molar-refractivity contribution >= 4 is 0 Å². The van der Waals surface area contributed by atoms with Crippen LogP contribution < -0.4 is 0 Å². The Morgan fingerprint density at radius 1 is 0.654 bits per heavy atom. The largest absolute Gasteiger partial charge is 0.396 e. The number of benzene rings is 2. The second-order valence-corrected chi connectivity index (χ2v) is 5.69. The van der Waals surface area contributed by atoms with Crippen LogP contribution in [0.2, 0.25) is 0 Å². The Morgan fingerprint density at radius 2 is 1.00 bits per heavy atom. The second-order valence-electron chi connectivity index (χ2n) is 5.69. The monoisotopic (exact) mass is 356 g/mol. The molecule has 2 atom stereocenters. The van der Waals surface area contributed by atoms with Crippen LogP contribution in [-0.2, 0) is 22.7 Å². The summed E-state index contributed by atoms with van der Waals surface area (Å²) in [6.07, 6.45) is 8.44. The zero-order chi connectivity index (χ0) is 19.0. The van der Waals surface area contributed by atoms with Gasteiger partial charge >= 0.3 is 0 Å². The highest BCUT2D eigenvalue weighted by molar-refractivity contribution is 5.14. The van der Waals surface area contributed by atoms with Crippen LogP contribution in [0.3, 0.4) is 0 Å². The zero-order valence-electron chi connectivity index (χ0n) is 15.0. The minimum absolute atomic E-state index is 0.0239. The summed E-state index contributed by atoms with van der Waals surface area (Å²) in [6.45, 7) is 0.969. The SMILES string of the molecule is C#C.OCC[C@@H](OCc1ccccc1)[C@@H](CCO)OCc1ccccc1. The third-order valence-electron chi connectivity index (χ3n) is 3.86. The van der Waals surface area contributed by atoms with Gasteiger partial charge in [0, 0.05) is 13.2 Å². The fraction of sp³-hybridized carbons (Fsp3) is 0.364. The molecule has 0 saturated heterocycles. The first-order chi connectivity index (χ1) is 12.8. The highest BCUT2D eigenvalue weighted by Gasteiger charge is 2.22. The lowest BCUT2D eigenvalue weighted by atomic mass is 10.1. The van der Waals surface area contributed by atoms with Crippen molar-refractivity contribution < 1.29 is 19.7 Å². The molecule has 0 aliphatic carbocycles. The molecular weight excluding hydrogens is 328 g/mol. The van der Waals surface area contributed by atoms with E-state index in [9.17, 15) is 10.2 Å². The van der Waals surface area contributed by atoms with Gasteiger partial charge in [-0.05, 0) is 24.0 Å². The Bertz CT molecular complexity index is 531. The number of aliphatic hydroxyl groups is 2. The van der Waals surface area contributed by atoms with Crippen molar-refractivity contribution in [3.8, 4) is 12.8 Å². The molecule has 140 valence electrons. The number of ether oxygens (including phenoxy) is 2. The summed E-state index contributed by atoms with van der Waals surface area (Å²) in [7, 11) is 0. The molecule has 0 aliphatic heterocycles. The van der Waals surface area contributed by atoms with E-state index in [1.54, 1.807) is 0 Å². The molecule has 26 heavy (non-hydrogen) atoms.